The summed E-state index contributed by atoms with van der Waals surface area (Å²) in [5, 5.41) is 2.91. The number of rotatable bonds is 7. The molecule has 0 bridgehead atoms. The smallest absolute Gasteiger partial charge is 0.264 e. The Labute approximate surface area is 194 Å². The van der Waals surface area contributed by atoms with Crippen molar-refractivity contribution in [2.24, 2.45) is 0 Å². The number of piperazine rings is 1. The lowest BCUT2D eigenvalue weighted by molar-refractivity contribution is -0.138. The minimum atomic E-state index is -0.350. The Kier molecular flexibility index (Phi) is 8.04. The van der Waals surface area contributed by atoms with Crippen molar-refractivity contribution in [1.82, 2.24) is 14.7 Å². The molecule has 8 heteroatoms. The van der Waals surface area contributed by atoms with E-state index in [4.69, 9.17) is 0 Å². The normalized spacial score (nSPS) is 15.3. The molecule has 1 N–H and O–H groups in total. The van der Waals surface area contributed by atoms with Crippen molar-refractivity contribution >= 4 is 34.7 Å². The van der Waals surface area contributed by atoms with E-state index in [-0.39, 0.29) is 30.3 Å². The average Bonchev–Trinajstić information content (AvgIpc) is 3.24. The van der Waals surface area contributed by atoms with Gasteiger partial charge in [0.2, 0.25) is 11.8 Å². The van der Waals surface area contributed by atoms with Gasteiger partial charge in [-0.3, -0.25) is 19.3 Å². The van der Waals surface area contributed by atoms with Crippen LogP contribution in [-0.4, -0.2) is 78.2 Å². The summed E-state index contributed by atoms with van der Waals surface area (Å²) < 4.78 is 0. The van der Waals surface area contributed by atoms with Crippen molar-refractivity contribution in [2.75, 3.05) is 45.1 Å². The van der Waals surface area contributed by atoms with E-state index in [0.29, 0.717) is 26.2 Å². The lowest BCUT2D eigenvalue weighted by Gasteiger charge is -2.38. The summed E-state index contributed by atoms with van der Waals surface area (Å²) in [5.41, 5.74) is 1.85. The fraction of sp³-hybridized carbons (Fsp3) is 0.458. The second kappa shape index (κ2) is 10.7. The monoisotopic (exact) mass is 456 g/mol. The fourth-order valence-electron chi connectivity index (χ4n) is 3.93. The molecule has 2 heterocycles. The highest BCUT2D eigenvalue weighted by Crippen LogP contribution is 2.19. The van der Waals surface area contributed by atoms with E-state index < -0.39 is 0 Å². The van der Waals surface area contributed by atoms with Gasteiger partial charge in [-0.2, -0.15) is 0 Å². The number of likely N-dealkylation sites (N-methyl/N-ethyl adjacent to an activating group) is 1. The maximum Gasteiger partial charge on any atom is 0.264 e. The van der Waals surface area contributed by atoms with Crippen LogP contribution in [0.3, 0.4) is 0 Å². The lowest BCUT2D eigenvalue weighted by atomic mass is 10.1. The minimum Gasteiger partial charge on any atom is -0.335 e. The molecule has 1 unspecified atom stereocenters. The molecule has 1 atom stereocenters. The van der Waals surface area contributed by atoms with E-state index in [1.54, 1.807) is 7.05 Å². The maximum absolute atomic E-state index is 12.9. The molecule has 1 saturated heterocycles. The van der Waals surface area contributed by atoms with Crippen LogP contribution in [-0.2, 0) is 16.0 Å². The Morgan fingerprint density at radius 1 is 1.09 bits per heavy atom. The van der Waals surface area contributed by atoms with Crippen molar-refractivity contribution in [3.8, 4) is 0 Å². The van der Waals surface area contributed by atoms with Gasteiger partial charge in [-0.1, -0.05) is 25.1 Å². The molecule has 0 saturated carbocycles. The summed E-state index contributed by atoms with van der Waals surface area (Å²) in [6, 6.07) is 11.2. The molecule has 2 aromatic rings. The standard InChI is InChI=1S/C24H32N4O3S/c1-5-19-8-6-7-9-20(19)25-22(29)16-26(4)23(30)18(3)27-12-14-28(15-13-27)24(31)21-11-10-17(2)32-21/h6-11,18H,5,12-16H2,1-4H3,(H,25,29). The number of anilines is 1. The van der Waals surface area contributed by atoms with Gasteiger partial charge in [0.05, 0.1) is 17.5 Å². The van der Waals surface area contributed by atoms with E-state index >= 15 is 0 Å². The summed E-state index contributed by atoms with van der Waals surface area (Å²) in [6.07, 6.45) is 0.822. The Morgan fingerprint density at radius 2 is 1.78 bits per heavy atom. The summed E-state index contributed by atoms with van der Waals surface area (Å²) in [4.78, 5) is 45.3. The highest BCUT2D eigenvalue weighted by Gasteiger charge is 2.30. The Balaban J connectivity index is 1.49. The number of amides is 3. The van der Waals surface area contributed by atoms with Crippen molar-refractivity contribution in [1.29, 1.82) is 0 Å². The van der Waals surface area contributed by atoms with Crippen molar-refractivity contribution < 1.29 is 14.4 Å². The van der Waals surface area contributed by atoms with E-state index in [1.165, 1.54) is 16.2 Å². The van der Waals surface area contributed by atoms with Crippen molar-refractivity contribution in [3.05, 3.63) is 51.7 Å². The van der Waals surface area contributed by atoms with Crippen molar-refractivity contribution in [2.45, 2.75) is 33.2 Å². The molecule has 3 rings (SSSR count). The number of aryl methyl sites for hydroxylation is 2. The van der Waals surface area contributed by atoms with Crippen LogP contribution in [0, 0.1) is 6.92 Å². The predicted molar refractivity (Wildman–Crippen MR) is 128 cm³/mol. The number of carbonyl (C=O) groups is 3. The van der Waals surface area contributed by atoms with Crippen LogP contribution in [0.25, 0.3) is 0 Å². The summed E-state index contributed by atoms with van der Waals surface area (Å²) in [5.74, 6) is -0.254. The lowest BCUT2D eigenvalue weighted by Crippen LogP contribution is -2.55. The van der Waals surface area contributed by atoms with Crippen LogP contribution in [0.2, 0.25) is 0 Å². The minimum absolute atomic E-state index is 0.00258. The van der Waals surface area contributed by atoms with Gasteiger partial charge in [-0.05, 0) is 44.0 Å². The first-order chi connectivity index (χ1) is 15.3. The van der Waals surface area contributed by atoms with E-state index in [9.17, 15) is 14.4 Å². The highest BCUT2D eigenvalue weighted by molar-refractivity contribution is 7.13. The molecule has 7 nitrogen and oxygen atoms in total. The number of carbonyl (C=O) groups excluding carboxylic acids is 3. The fourth-order valence-corrected chi connectivity index (χ4v) is 4.76. The van der Waals surface area contributed by atoms with E-state index in [1.807, 2.05) is 62.1 Å². The number of para-hydroxylation sites is 1. The molecule has 172 valence electrons. The number of nitrogens with zero attached hydrogens (tertiary/aromatic N) is 3. The molecule has 1 aromatic carbocycles. The molecule has 3 amide bonds. The predicted octanol–water partition coefficient (Wildman–Crippen LogP) is 2.86. The Hall–Kier alpha value is -2.71. The van der Waals surface area contributed by atoms with E-state index in [2.05, 4.69) is 10.2 Å². The Morgan fingerprint density at radius 3 is 2.41 bits per heavy atom. The largest absolute Gasteiger partial charge is 0.335 e. The van der Waals surface area contributed by atoms with Gasteiger partial charge in [-0.25, -0.2) is 0 Å². The summed E-state index contributed by atoms with van der Waals surface area (Å²) >= 11 is 1.51. The first kappa shape index (κ1) is 23.9. The van der Waals surface area contributed by atoms with Crippen LogP contribution in [0.4, 0.5) is 5.69 Å². The van der Waals surface area contributed by atoms with Gasteiger partial charge in [0.25, 0.3) is 5.91 Å². The highest BCUT2D eigenvalue weighted by atomic mass is 32.1. The quantitative estimate of drug-likeness (QED) is 0.695. The second-order valence-electron chi connectivity index (χ2n) is 8.17. The number of benzene rings is 1. The summed E-state index contributed by atoms with van der Waals surface area (Å²) in [7, 11) is 1.66. The van der Waals surface area contributed by atoms with E-state index in [0.717, 1.165) is 27.4 Å². The topological polar surface area (TPSA) is 73.0 Å². The Bertz CT molecular complexity index is 966. The van der Waals surface area contributed by atoms with Gasteiger partial charge in [0, 0.05) is 43.8 Å². The third kappa shape index (κ3) is 5.75. The first-order valence-electron chi connectivity index (χ1n) is 11.0. The maximum atomic E-state index is 12.9. The zero-order valence-corrected chi connectivity index (χ0v) is 20.1. The van der Waals surface area contributed by atoms with Gasteiger partial charge in [0.1, 0.15) is 0 Å². The molecule has 0 aliphatic carbocycles. The van der Waals surface area contributed by atoms with Gasteiger partial charge in [0.15, 0.2) is 0 Å². The molecule has 1 fully saturated rings. The van der Waals surface area contributed by atoms with Crippen molar-refractivity contribution in [3.63, 3.8) is 0 Å². The number of hydrogen-bond acceptors (Lipinski definition) is 5. The molecular formula is C24H32N4O3S. The number of thiophene rings is 1. The summed E-state index contributed by atoms with van der Waals surface area (Å²) in [6.45, 7) is 8.33. The molecule has 32 heavy (non-hydrogen) atoms. The third-order valence-electron chi connectivity index (χ3n) is 5.89. The molecule has 0 radical (unpaired) electrons. The van der Waals surface area contributed by atoms with Gasteiger partial charge >= 0.3 is 0 Å². The zero-order chi connectivity index (χ0) is 23.3. The zero-order valence-electron chi connectivity index (χ0n) is 19.3. The van der Waals surface area contributed by atoms with Crippen LogP contribution in [0.15, 0.2) is 36.4 Å². The van der Waals surface area contributed by atoms with Crippen LogP contribution in [0.1, 0.15) is 34.0 Å². The molecule has 1 aliphatic heterocycles. The molecule has 1 aromatic heterocycles. The first-order valence-corrected chi connectivity index (χ1v) is 11.8. The van der Waals surface area contributed by atoms with Gasteiger partial charge in [-0.15, -0.1) is 11.3 Å². The van der Waals surface area contributed by atoms with Crippen LogP contribution < -0.4 is 5.32 Å². The molecular weight excluding hydrogens is 424 g/mol. The third-order valence-corrected chi connectivity index (χ3v) is 6.88. The average molecular weight is 457 g/mol. The van der Waals surface area contributed by atoms with Crippen LogP contribution >= 0.6 is 11.3 Å². The number of nitrogens with one attached hydrogen (secondary N) is 1. The number of hydrogen-bond donors (Lipinski definition) is 1. The van der Waals surface area contributed by atoms with Gasteiger partial charge < -0.3 is 15.1 Å². The SMILES string of the molecule is CCc1ccccc1NC(=O)CN(C)C(=O)C(C)N1CCN(C(=O)c2ccc(C)s2)CC1. The molecule has 0 spiro atoms. The van der Waals surface area contributed by atoms with Crippen LogP contribution in [0.5, 0.6) is 0 Å². The second-order valence-corrected chi connectivity index (χ2v) is 9.46. The molecule has 1 aliphatic rings.